The summed E-state index contributed by atoms with van der Waals surface area (Å²) in [5.41, 5.74) is 3.09. The summed E-state index contributed by atoms with van der Waals surface area (Å²) in [5.74, 6) is 0.869. The largest absolute Gasteiger partial charge is 0.486 e. The van der Waals surface area contributed by atoms with Crippen LogP contribution in [0.2, 0.25) is 0 Å². The Balaban J connectivity index is 1.65. The van der Waals surface area contributed by atoms with Crippen LogP contribution < -0.4 is 10.1 Å². The van der Waals surface area contributed by atoms with E-state index in [-0.39, 0.29) is 11.8 Å². The molecule has 0 saturated carbocycles. The number of hydrogen-bond acceptors (Lipinski definition) is 7. The summed E-state index contributed by atoms with van der Waals surface area (Å²) in [6.45, 7) is 10.4. The average Bonchev–Trinajstić information content (AvgIpc) is 3.22. The van der Waals surface area contributed by atoms with Gasteiger partial charge in [-0.2, -0.15) is 0 Å². The number of nitrogens with zero attached hydrogens (tertiary/aromatic N) is 3. The molecule has 0 bridgehead atoms. The molecule has 2 heterocycles. The van der Waals surface area contributed by atoms with Crippen molar-refractivity contribution in [2.24, 2.45) is 0 Å². The fourth-order valence-corrected chi connectivity index (χ4v) is 3.96. The summed E-state index contributed by atoms with van der Waals surface area (Å²) in [6, 6.07) is 5.98. The Morgan fingerprint density at radius 3 is 2.59 bits per heavy atom. The molecule has 0 unspecified atom stereocenters. The first kappa shape index (κ1) is 19.4. The zero-order chi connectivity index (χ0) is 19.6. The Hall–Kier alpha value is -2.32. The number of carbonyl (C=O) groups excluding carboxylic acids is 1. The maximum Gasteiger partial charge on any atom is 0.269 e. The highest BCUT2D eigenvalue weighted by molar-refractivity contribution is 7.16. The molecule has 3 rings (SSSR count). The Labute approximate surface area is 166 Å². The second-order valence-corrected chi connectivity index (χ2v) is 8.70. The average molecular weight is 403 g/mol. The van der Waals surface area contributed by atoms with Crippen molar-refractivity contribution in [1.82, 2.24) is 15.2 Å². The summed E-state index contributed by atoms with van der Waals surface area (Å²) in [4.78, 5) is 17.6. The van der Waals surface area contributed by atoms with E-state index in [1.807, 2.05) is 39.0 Å². The number of hydrogen-bond donors (Lipinski definition) is 1. The van der Waals surface area contributed by atoms with Gasteiger partial charge >= 0.3 is 0 Å². The van der Waals surface area contributed by atoms with E-state index >= 15 is 0 Å². The van der Waals surface area contributed by atoms with Crippen LogP contribution in [0.3, 0.4) is 0 Å². The molecular weight excluding hydrogens is 380 g/mol. The first-order valence-electron chi connectivity index (χ1n) is 8.64. The van der Waals surface area contributed by atoms with Crippen LogP contribution in [0.5, 0.6) is 5.75 Å². The van der Waals surface area contributed by atoms with Crippen LogP contribution in [0.1, 0.15) is 56.3 Å². The molecular formula is C19H22N4O2S2. The van der Waals surface area contributed by atoms with Gasteiger partial charge in [0, 0.05) is 5.92 Å². The van der Waals surface area contributed by atoms with Crippen molar-refractivity contribution >= 4 is 33.7 Å². The summed E-state index contributed by atoms with van der Waals surface area (Å²) < 4.78 is 5.82. The standard InChI is InChI=1S/C19H22N4O2S2/c1-10(2)18-22-23-19(27-18)21-17(24)16-13(5)20-15(26-16)9-25-14-7-6-11(3)12(4)8-14/h6-8,10H,9H2,1-5H3,(H,21,23,24). The molecule has 2 aromatic heterocycles. The molecule has 0 aliphatic carbocycles. The van der Waals surface area contributed by atoms with Crippen LogP contribution in [0.25, 0.3) is 0 Å². The van der Waals surface area contributed by atoms with Crippen molar-refractivity contribution in [2.75, 3.05) is 5.32 Å². The van der Waals surface area contributed by atoms with Crippen molar-refractivity contribution in [3.63, 3.8) is 0 Å². The number of amides is 1. The first-order chi connectivity index (χ1) is 12.8. The van der Waals surface area contributed by atoms with Crippen LogP contribution in [-0.2, 0) is 6.61 Å². The molecule has 27 heavy (non-hydrogen) atoms. The summed E-state index contributed by atoms with van der Waals surface area (Å²) in [6.07, 6.45) is 0. The predicted octanol–water partition coefficient (Wildman–Crippen LogP) is 4.87. The fraction of sp³-hybridized carbons (Fsp3) is 0.368. The van der Waals surface area contributed by atoms with Gasteiger partial charge in [-0.1, -0.05) is 31.3 Å². The Morgan fingerprint density at radius 2 is 1.93 bits per heavy atom. The first-order valence-corrected chi connectivity index (χ1v) is 10.3. The molecule has 3 aromatic rings. The number of aryl methyl sites for hydroxylation is 3. The zero-order valence-corrected chi connectivity index (χ0v) is 17.6. The highest BCUT2D eigenvalue weighted by Gasteiger charge is 2.18. The van der Waals surface area contributed by atoms with Gasteiger partial charge in [0.15, 0.2) is 0 Å². The van der Waals surface area contributed by atoms with Gasteiger partial charge in [-0.3, -0.25) is 10.1 Å². The van der Waals surface area contributed by atoms with Gasteiger partial charge in [-0.05, 0) is 44.0 Å². The highest BCUT2D eigenvalue weighted by Crippen LogP contribution is 2.25. The van der Waals surface area contributed by atoms with Crippen LogP contribution >= 0.6 is 22.7 Å². The van der Waals surface area contributed by atoms with Crippen molar-refractivity contribution in [2.45, 2.75) is 47.1 Å². The Morgan fingerprint density at radius 1 is 1.15 bits per heavy atom. The molecule has 0 fully saturated rings. The van der Waals surface area contributed by atoms with E-state index in [2.05, 4.69) is 34.3 Å². The van der Waals surface area contributed by atoms with Gasteiger partial charge in [0.1, 0.15) is 27.2 Å². The molecule has 1 N–H and O–H groups in total. The van der Waals surface area contributed by atoms with Gasteiger partial charge in [-0.25, -0.2) is 4.98 Å². The third-order valence-electron chi connectivity index (χ3n) is 4.04. The number of anilines is 1. The van der Waals surface area contributed by atoms with Gasteiger partial charge in [0.25, 0.3) is 5.91 Å². The molecule has 142 valence electrons. The number of benzene rings is 1. The SMILES string of the molecule is Cc1ccc(OCc2nc(C)c(C(=O)Nc3nnc(C(C)C)s3)s2)cc1C. The lowest BCUT2D eigenvalue weighted by atomic mass is 10.1. The predicted molar refractivity (Wildman–Crippen MR) is 109 cm³/mol. The van der Waals surface area contributed by atoms with E-state index in [1.54, 1.807) is 0 Å². The third-order valence-corrected chi connectivity index (χ3v) is 6.31. The molecule has 0 aliphatic rings. The normalized spacial score (nSPS) is 11.0. The van der Waals surface area contributed by atoms with Crippen LogP contribution in [0.15, 0.2) is 18.2 Å². The molecule has 1 amide bonds. The van der Waals surface area contributed by atoms with Gasteiger partial charge in [-0.15, -0.1) is 21.5 Å². The summed E-state index contributed by atoms with van der Waals surface area (Å²) >= 11 is 2.73. The van der Waals surface area contributed by atoms with E-state index in [1.165, 1.54) is 33.8 Å². The summed E-state index contributed by atoms with van der Waals surface area (Å²) in [5, 5.41) is 13.1. The molecule has 0 radical (unpaired) electrons. The molecule has 0 saturated heterocycles. The number of rotatable bonds is 6. The van der Waals surface area contributed by atoms with Crippen LogP contribution in [0, 0.1) is 20.8 Å². The Kier molecular flexibility index (Phi) is 5.86. The van der Waals surface area contributed by atoms with E-state index in [4.69, 9.17) is 4.74 Å². The van der Waals surface area contributed by atoms with E-state index < -0.39 is 0 Å². The maximum absolute atomic E-state index is 12.5. The number of aromatic nitrogens is 3. The number of ether oxygens (including phenoxy) is 1. The molecule has 0 atom stereocenters. The molecule has 6 nitrogen and oxygen atoms in total. The van der Waals surface area contributed by atoms with E-state index in [9.17, 15) is 4.79 Å². The number of carbonyl (C=O) groups is 1. The lowest BCUT2D eigenvalue weighted by Gasteiger charge is -2.06. The lowest BCUT2D eigenvalue weighted by molar-refractivity contribution is 0.102. The third kappa shape index (κ3) is 4.70. The zero-order valence-electron chi connectivity index (χ0n) is 16.0. The molecule has 0 aliphatic heterocycles. The minimum atomic E-state index is -0.214. The van der Waals surface area contributed by atoms with E-state index in [0.29, 0.717) is 22.3 Å². The van der Waals surface area contributed by atoms with Crippen molar-refractivity contribution < 1.29 is 9.53 Å². The molecule has 1 aromatic carbocycles. The van der Waals surface area contributed by atoms with Crippen molar-refractivity contribution in [3.8, 4) is 5.75 Å². The van der Waals surface area contributed by atoms with Gasteiger partial charge < -0.3 is 4.74 Å². The van der Waals surface area contributed by atoms with Gasteiger partial charge in [0.2, 0.25) is 5.13 Å². The minimum absolute atomic E-state index is 0.214. The maximum atomic E-state index is 12.5. The quantitative estimate of drug-likeness (QED) is 0.636. The van der Waals surface area contributed by atoms with E-state index in [0.717, 1.165) is 15.8 Å². The fourth-order valence-electron chi connectivity index (χ4n) is 2.35. The lowest BCUT2D eigenvalue weighted by Crippen LogP contribution is -2.11. The monoisotopic (exact) mass is 402 g/mol. The topological polar surface area (TPSA) is 77.0 Å². The second-order valence-electron chi connectivity index (χ2n) is 6.61. The number of thiazole rings is 1. The molecule has 0 spiro atoms. The van der Waals surface area contributed by atoms with Crippen LogP contribution in [0.4, 0.5) is 5.13 Å². The smallest absolute Gasteiger partial charge is 0.269 e. The summed E-state index contributed by atoms with van der Waals surface area (Å²) in [7, 11) is 0. The van der Waals surface area contributed by atoms with Crippen molar-refractivity contribution in [1.29, 1.82) is 0 Å². The second kappa shape index (κ2) is 8.14. The van der Waals surface area contributed by atoms with Crippen LogP contribution in [-0.4, -0.2) is 21.1 Å². The highest BCUT2D eigenvalue weighted by atomic mass is 32.1. The Bertz CT molecular complexity index is 963. The molecule has 8 heteroatoms. The minimum Gasteiger partial charge on any atom is -0.486 e. The van der Waals surface area contributed by atoms with Gasteiger partial charge in [0.05, 0.1) is 5.69 Å². The van der Waals surface area contributed by atoms with Crippen molar-refractivity contribution in [3.05, 3.63) is 49.9 Å². The number of nitrogens with one attached hydrogen (secondary N) is 1.